The first-order valence-electron chi connectivity index (χ1n) is 11.8. The molecule has 4 aromatic rings. The number of ether oxygens (including phenoxy) is 2. The lowest BCUT2D eigenvalue weighted by Crippen LogP contribution is -2.35. The van der Waals surface area contributed by atoms with Gasteiger partial charge < -0.3 is 14.5 Å². The predicted molar refractivity (Wildman–Crippen MR) is 135 cm³/mol. The molecular weight excluding hydrogens is 464 g/mol. The lowest BCUT2D eigenvalue weighted by Gasteiger charge is -2.32. The smallest absolute Gasteiger partial charge is 0.252 e. The Morgan fingerprint density at radius 2 is 1.94 bits per heavy atom. The zero-order chi connectivity index (χ0) is 24.6. The number of benzene rings is 1. The summed E-state index contributed by atoms with van der Waals surface area (Å²) in [6.07, 6.45) is 0.798. The van der Waals surface area contributed by atoms with Gasteiger partial charge in [-0.2, -0.15) is 0 Å². The number of fused-ring (bicyclic) bond motifs is 2. The molecule has 35 heavy (non-hydrogen) atoms. The van der Waals surface area contributed by atoms with Gasteiger partial charge in [-0.3, -0.25) is 9.69 Å². The molecule has 1 atom stereocenters. The molecule has 1 aliphatic rings. The summed E-state index contributed by atoms with van der Waals surface area (Å²) in [6.45, 7) is 10.5. The number of hydrogen-bond acceptors (Lipinski definition) is 8. The van der Waals surface area contributed by atoms with Crippen molar-refractivity contribution in [2.24, 2.45) is 0 Å². The summed E-state index contributed by atoms with van der Waals surface area (Å²) in [7, 11) is 0. The number of aromatic amines is 1. The molecule has 184 valence electrons. The van der Waals surface area contributed by atoms with Crippen molar-refractivity contribution in [1.29, 1.82) is 0 Å². The van der Waals surface area contributed by atoms with E-state index in [0.717, 1.165) is 23.1 Å². The Morgan fingerprint density at radius 3 is 2.63 bits per heavy atom. The first-order valence-corrected chi connectivity index (χ1v) is 12.7. The van der Waals surface area contributed by atoms with Crippen LogP contribution in [-0.2, 0) is 18.6 Å². The number of H-pyrrole nitrogens is 1. The molecule has 10 heteroatoms. The van der Waals surface area contributed by atoms with Crippen molar-refractivity contribution < 1.29 is 9.47 Å². The molecule has 5 rings (SSSR count). The molecule has 0 bridgehead atoms. The van der Waals surface area contributed by atoms with Crippen LogP contribution in [0.1, 0.15) is 56.4 Å². The highest BCUT2D eigenvalue weighted by Gasteiger charge is 2.30. The largest absolute Gasteiger partial charge is 0.486 e. The van der Waals surface area contributed by atoms with E-state index in [0.29, 0.717) is 43.4 Å². The van der Waals surface area contributed by atoms with Gasteiger partial charge in [0.25, 0.3) is 5.56 Å². The molecule has 0 spiro atoms. The van der Waals surface area contributed by atoms with Crippen molar-refractivity contribution in [1.82, 2.24) is 30.1 Å². The number of hydrogen-bond donors (Lipinski definition) is 1. The van der Waals surface area contributed by atoms with Gasteiger partial charge in [-0.1, -0.05) is 13.0 Å². The second-order valence-corrected chi connectivity index (χ2v) is 10.8. The van der Waals surface area contributed by atoms with E-state index in [4.69, 9.17) is 9.47 Å². The summed E-state index contributed by atoms with van der Waals surface area (Å²) in [5, 5.41) is 15.7. The fraction of sp³-hybridized carbons (Fsp3) is 0.440. The number of thiophene rings is 1. The van der Waals surface area contributed by atoms with Gasteiger partial charge in [0.15, 0.2) is 17.3 Å². The van der Waals surface area contributed by atoms with Crippen molar-refractivity contribution in [2.45, 2.75) is 58.8 Å². The number of nitrogens with zero attached hydrogens (tertiary/aromatic N) is 5. The molecule has 0 aliphatic carbocycles. The van der Waals surface area contributed by atoms with Crippen molar-refractivity contribution in [3.8, 4) is 11.5 Å². The van der Waals surface area contributed by atoms with Crippen LogP contribution in [0.5, 0.6) is 11.5 Å². The van der Waals surface area contributed by atoms with Gasteiger partial charge in [0, 0.05) is 35.0 Å². The van der Waals surface area contributed by atoms with Crippen molar-refractivity contribution in [3.05, 3.63) is 62.3 Å². The van der Waals surface area contributed by atoms with Crippen molar-refractivity contribution in [2.75, 3.05) is 13.2 Å². The SMILES string of the molecule is CCC(c1nnnn1C(C)(C)C)N(Cc1cccs1)Cc1cc2cc3c(cc2[nH]c1=O)OCCO3. The molecule has 1 aliphatic heterocycles. The van der Waals surface area contributed by atoms with Crippen LogP contribution >= 0.6 is 11.3 Å². The average molecular weight is 495 g/mol. The fourth-order valence-corrected chi connectivity index (χ4v) is 5.22. The van der Waals surface area contributed by atoms with Crippen LogP contribution in [0.2, 0.25) is 0 Å². The van der Waals surface area contributed by atoms with Crippen LogP contribution in [0.15, 0.2) is 40.5 Å². The fourth-order valence-electron chi connectivity index (χ4n) is 4.49. The molecule has 1 unspecified atom stereocenters. The maximum absolute atomic E-state index is 13.2. The Balaban J connectivity index is 1.54. The zero-order valence-corrected chi connectivity index (χ0v) is 21.3. The van der Waals surface area contributed by atoms with E-state index in [1.807, 2.05) is 28.9 Å². The second kappa shape index (κ2) is 9.43. The normalized spacial score (nSPS) is 14.5. The number of aromatic nitrogens is 5. The van der Waals surface area contributed by atoms with E-state index < -0.39 is 0 Å². The third-order valence-corrected chi connectivity index (χ3v) is 7.01. The molecule has 3 aromatic heterocycles. The topological polar surface area (TPSA) is 98.2 Å². The van der Waals surface area contributed by atoms with Gasteiger partial charge in [-0.25, -0.2) is 4.68 Å². The van der Waals surface area contributed by atoms with Crippen LogP contribution < -0.4 is 15.0 Å². The highest BCUT2D eigenvalue weighted by molar-refractivity contribution is 7.09. The molecule has 0 fully saturated rings. The average Bonchev–Trinajstić information content (AvgIpc) is 3.51. The molecule has 0 saturated heterocycles. The van der Waals surface area contributed by atoms with Crippen molar-refractivity contribution in [3.63, 3.8) is 0 Å². The van der Waals surface area contributed by atoms with E-state index in [-0.39, 0.29) is 17.1 Å². The quantitative estimate of drug-likeness (QED) is 0.410. The highest BCUT2D eigenvalue weighted by atomic mass is 32.1. The molecule has 0 radical (unpaired) electrons. The standard InChI is InChI=1S/C25H30N6O3S/c1-5-20(23-27-28-29-31(23)25(2,3)4)30(15-18-7-6-10-35-18)14-17-11-16-12-21-22(34-9-8-33-21)13-19(16)26-24(17)32/h6-7,10-13,20H,5,8-9,14-15H2,1-4H3,(H,26,32). The Morgan fingerprint density at radius 1 is 1.17 bits per heavy atom. The van der Waals surface area contributed by atoms with Crippen LogP contribution in [-0.4, -0.2) is 43.3 Å². The van der Waals surface area contributed by atoms with Crippen LogP contribution in [0.4, 0.5) is 0 Å². The summed E-state index contributed by atoms with van der Waals surface area (Å²) >= 11 is 1.70. The zero-order valence-electron chi connectivity index (χ0n) is 20.4. The number of rotatable bonds is 7. The predicted octanol–water partition coefficient (Wildman–Crippen LogP) is 4.26. The van der Waals surface area contributed by atoms with Gasteiger partial charge >= 0.3 is 0 Å². The van der Waals surface area contributed by atoms with E-state index in [1.54, 1.807) is 11.3 Å². The summed E-state index contributed by atoms with van der Waals surface area (Å²) in [5.74, 6) is 2.16. The Hall–Kier alpha value is -3.24. The Labute approximate surface area is 207 Å². The number of pyridine rings is 1. The first kappa shape index (κ1) is 23.5. The summed E-state index contributed by atoms with van der Waals surface area (Å²) in [5.41, 5.74) is 1.04. The van der Waals surface area contributed by atoms with E-state index >= 15 is 0 Å². The maximum Gasteiger partial charge on any atom is 0.252 e. The van der Waals surface area contributed by atoms with E-state index in [9.17, 15) is 4.79 Å². The third kappa shape index (κ3) is 4.81. The first-order chi connectivity index (χ1) is 16.8. The van der Waals surface area contributed by atoms with E-state index in [2.05, 4.69) is 64.6 Å². The van der Waals surface area contributed by atoms with Crippen LogP contribution in [0, 0.1) is 0 Å². The Bertz CT molecular complexity index is 1370. The van der Waals surface area contributed by atoms with Gasteiger partial charge in [0.05, 0.1) is 17.1 Å². The molecule has 1 N–H and O–H groups in total. The summed E-state index contributed by atoms with van der Waals surface area (Å²) < 4.78 is 13.3. The Kier molecular flexibility index (Phi) is 6.33. The van der Waals surface area contributed by atoms with Gasteiger partial charge in [0.2, 0.25) is 0 Å². The minimum absolute atomic E-state index is 0.0679. The molecule has 4 heterocycles. The van der Waals surface area contributed by atoms with Crippen LogP contribution in [0.25, 0.3) is 10.9 Å². The third-order valence-electron chi connectivity index (χ3n) is 6.15. The lowest BCUT2D eigenvalue weighted by molar-refractivity contribution is 0.154. The maximum atomic E-state index is 13.2. The van der Waals surface area contributed by atoms with Gasteiger partial charge in [-0.05, 0) is 61.2 Å². The van der Waals surface area contributed by atoms with E-state index in [1.165, 1.54) is 4.88 Å². The monoisotopic (exact) mass is 494 g/mol. The van der Waals surface area contributed by atoms with Crippen molar-refractivity contribution >= 4 is 22.2 Å². The van der Waals surface area contributed by atoms with Crippen LogP contribution in [0.3, 0.4) is 0 Å². The van der Waals surface area contributed by atoms with Gasteiger partial charge in [0.1, 0.15) is 13.2 Å². The molecule has 9 nitrogen and oxygen atoms in total. The molecule has 1 aromatic carbocycles. The summed E-state index contributed by atoms with van der Waals surface area (Å²) in [6, 6.07) is 9.82. The lowest BCUT2D eigenvalue weighted by atomic mass is 10.1. The number of tetrazole rings is 1. The van der Waals surface area contributed by atoms with Gasteiger partial charge in [-0.15, -0.1) is 16.4 Å². The second-order valence-electron chi connectivity index (χ2n) is 9.73. The highest BCUT2D eigenvalue weighted by Crippen LogP contribution is 2.34. The minimum Gasteiger partial charge on any atom is -0.486 e. The molecule has 0 saturated carbocycles. The summed E-state index contributed by atoms with van der Waals surface area (Å²) in [4.78, 5) is 19.7. The minimum atomic E-state index is -0.261. The molecule has 0 amide bonds. The molecular formula is C25H30N6O3S. The number of nitrogens with one attached hydrogen (secondary N) is 1.